The lowest BCUT2D eigenvalue weighted by Gasteiger charge is -2.59. The molecular formula is C29H38N2O4. The van der Waals surface area contributed by atoms with Crippen LogP contribution in [-0.4, -0.2) is 65.1 Å². The van der Waals surface area contributed by atoms with Crippen molar-refractivity contribution in [3.05, 3.63) is 65.7 Å². The van der Waals surface area contributed by atoms with Gasteiger partial charge in [-0.05, 0) is 75.0 Å². The molecule has 6 heteroatoms. The van der Waals surface area contributed by atoms with E-state index in [0.717, 1.165) is 24.9 Å². The third-order valence-electron chi connectivity index (χ3n) is 7.75. The molecule has 1 amide bonds. The zero-order chi connectivity index (χ0) is 25.2. The first-order valence-electron chi connectivity index (χ1n) is 12.7. The maximum atomic E-state index is 13.7. The Labute approximate surface area is 208 Å². The summed E-state index contributed by atoms with van der Waals surface area (Å²) >= 11 is 0. The number of amides is 1. The number of fused-ring (bicyclic) bond motifs is 1. The van der Waals surface area contributed by atoms with Gasteiger partial charge >= 0.3 is 5.97 Å². The van der Waals surface area contributed by atoms with Crippen molar-refractivity contribution in [2.75, 3.05) is 26.7 Å². The van der Waals surface area contributed by atoms with Gasteiger partial charge in [0.25, 0.3) is 5.91 Å². The predicted octanol–water partition coefficient (Wildman–Crippen LogP) is 4.27. The summed E-state index contributed by atoms with van der Waals surface area (Å²) in [5, 5.41) is 12.1. The molecule has 1 saturated carbocycles. The molecule has 188 valence electrons. The van der Waals surface area contributed by atoms with Gasteiger partial charge in [0.05, 0.1) is 5.60 Å². The lowest BCUT2D eigenvalue weighted by atomic mass is 9.55. The van der Waals surface area contributed by atoms with E-state index in [1.54, 1.807) is 6.07 Å². The first kappa shape index (κ1) is 25.4. The van der Waals surface area contributed by atoms with Crippen LogP contribution in [0.4, 0.5) is 0 Å². The van der Waals surface area contributed by atoms with Gasteiger partial charge in [-0.2, -0.15) is 0 Å². The van der Waals surface area contributed by atoms with Crippen molar-refractivity contribution in [1.82, 2.24) is 9.80 Å². The Bertz CT molecular complexity index is 1060. The summed E-state index contributed by atoms with van der Waals surface area (Å²) in [7, 11) is 2.05. The lowest BCUT2D eigenvalue weighted by molar-refractivity contribution is -0.132. The van der Waals surface area contributed by atoms with Gasteiger partial charge in [0.15, 0.2) is 0 Å². The monoisotopic (exact) mass is 478 g/mol. The highest BCUT2D eigenvalue weighted by Gasteiger charge is 2.58. The molecular weight excluding hydrogens is 440 g/mol. The number of β-amino-alcohol motifs (C(OH)–C–C–N with tert-alkyl or cyclic N) is 1. The molecule has 2 aromatic carbocycles. The smallest absolute Gasteiger partial charge is 0.308 e. The van der Waals surface area contributed by atoms with E-state index in [2.05, 4.69) is 18.7 Å². The zero-order valence-electron chi connectivity index (χ0n) is 21.4. The van der Waals surface area contributed by atoms with Gasteiger partial charge in [0, 0.05) is 37.0 Å². The van der Waals surface area contributed by atoms with Gasteiger partial charge in [-0.25, -0.2) is 0 Å². The molecule has 0 aromatic heterocycles. The average Bonchev–Trinajstić information content (AvgIpc) is 2.82. The second-order valence-corrected chi connectivity index (χ2v) is 10.8. The summed E-state index contributed by atoms with van der Waals surface area (Å²) in [4.78, 5) is 29.5. The highest BCUT2D eigenvalue weighted by Crippen LogP contribution is 2.53. The standard InChI is InChI=1S/C29H38N2O4/c1-21(2)19-31(27(33)23-9-6-5-7-10-23)25-13-14-29(34)20-30(4)16-15-28(29,18-25)24-11-8-12-26(17-24)35-22(3)32/h5-12,17,21,25,34H,13-16,18-20H2,1-4H3/t25-,28+,29+/m1/s1. The Balaban J connectivity index is 1.74. The molecule has 1 heterocycles. The summed E-state index contributed by atoms with van der Waals surface area (Å²) < 4.78 is 5.40. The van der Waals surface area contributed by atoms with Crippen molar-refractivity contribution in [2.45, 2.75) is 63.5 Å². The third-order valence-corrected chi connectivity index (χ3v) is 7.75. The fourth-order valence-corrected chi connectivity index (χ4v) is 6.17. The molecule has 1 aliphatic carbocycles. The van der Waals surface area contributed by atoms with Crippen LogP contribution in [0.15, 0.2) is 54.6 Å². The minimum absolute atomic E-state index is 0.00571. The second-order valence-electron chi connectivity index (χ2n) is 10.8. The number of piperidine rings is 1. The van der Waals surface area contributed by atoms with Gasteiger partial charge in [-0.15, -0.1) is 0 Å². The summed E-state index contributed by atoms with van der Waals surface area (Å²) in [6.07, 6.45) is 2.80. The maximum Gasteiger partial charge on any atom is 0.308 e. The van der Waals surface area contributed by atoms with Crippen LogP contribution in [0.2, 0.25) is 0 Å². The number of esters is 1. The first-order chi connectivity index (χ1) is 16.6. The molecule has 3 atom stereocenters. The predicted molar refractivity (Wildman–Crippen MR) is 136 cm³/mol. The van der Waals surface area contributed by atoms with Crippen LogP contribution in [0.3, 0.4) is 0 Å². The molecule has 0 unspecified atom stereocenters. The summed E-state index contributed by atoms with van der Waals surface area (Å²) in [5.74, 6) is 0.499. The topological polar surface area (TPSA) is 70.1 Å². The molecule has 2 fully saturated rings. The van der Waals surface area contributed by atoms with Gasteiger partial charge in [-0.1, -0.05) is 44.2 Å². The highest BCUT2D eigenvalue weighted by atomic mass is 16.5. The van der Waals surface area contributed by atoms with Crippen molar-refractivity contribution in [3.63, 3.8) is 0 Å². The quantitative estimate of drug-likeness (QED) is 0.496. The van der Waals surface area contributed by atoms with Gasteiger partial charge in [0.2, 0.25) is 0 Å². The largest absolute Gasteiger partial charge is 0.427 e. The zero-order valence-corrected chi connectivity index (χ0v) is 21.4. The Hall–Kier alpha value is -2.70. The summed E-state index contributed by atoms with van der Waals surface area (Å²) in [5.41, 5.74) is 0.214. The average molecular weight is 479 g/mol. The van der Waals surface area contributed by atoms with Gasteiger partial charge < -0.3 is 19.6 Å². The fraction of sp³-hybridized carbons (Fsp3) is 0.517. The first-order valence-corrected chi connectivity index (χ1v) is 12.7. The highest BCUT2D eigenvalue weighted by molar-refractivity contribution is 5.94. The minimum Gasteiger partial charge on any atom is -0.427 e. The molecule has 35 heavy (non-hydrogen) atoms. The lowest BCUT2D eigenvalue weighted by Crippen LogP contribution is -2.67. The summed E-state index contributed by atoms with van der Waals surface area (Å²) in [6.45, 7) is 7.77. The van der Waals surface area contributed by atoms with Crippen molar-refractivity contribution < 1.29 is 19.4 Å². The van der Waals surface area contributed by atoms with Crippen LogP contribution in [0, 0.1) is 5.92 Å². The van der Waals surface area contributed by atoms with E-state index in [9.17, 15) is 14.7 Å². The number of ether oxygens (including phenoxy) is 1. The molecule has 1 N–H and O–H groups in total. The van der Waals surface area contributed by atoms with Crippen LogP contribution < -0.4 is 4.74 Å². The summed E-state index contributed by atoms with van der Waals surface area (Å²) in [6, 6.07) is 17.1. The number of benzene rings is 2. The Morgan fingerprint density at radius 1 is 1.14 bits per heavy atom. The fourth-order valence-electron chi connectivity index (χ4n) is 6.17. The van der Waals surface area contributed by atoms with Crippen molar-refractivity contribution in [1.29, 1.82) is 0 Å². The van der Waals surface area contributed by atoms with Gasteiger partial charge in [0.1, 0.15) is 5.75 Å². The number of carbonyl (C=O) groups is 2. The molecule has 6 nitrogen and oxygen atoms in total. The number of likely N-dealkylation sites (tertiary alicyclic amines) is 1. The van der Waals surface area contributed by atoms with Gasteiger partial charge in [-0.3, -0.25) is 9.59 Å². The number of rotatable bonds is 6. The van der Waals surface area contributed by atoms with E-state index in [4.69, 9.17) is 4.74 Å². The number of carbonyl (C=O) groups excluding carboxylic acids is 2. The number of aliphatic hydroxyl groups is 1. The van der Waals surface area contributed by atoms with Crippen molar-refractivity contribution in [2.24, 2.45) is 5.92 Å². The second kappa shape index (κ2) is 10.1. The van der Waals surface area contributed by atoms with Crippen LogP contribution in [0.1, 0.15) is 62.4 Å². The molecule has 0 spiro atoms. The van der Waals surface area contributed by atoms with Crippen LogP contribution >= 0.6 is 0 Å². The third kappa shape index (κ3) is 5.14. The number of nitrogens with zero attached hydrogens (tertiary/aromatic N) is 2. The normalized spacial score (nSPS) is 26.7. The molecule has 0 radical (unpaired) electrons. The van der Waals surface area contributed by atoms with Crippen LogP contribution in [-0.2, 0) is 10.2 Å². The van der Waals surface area contributed by atoms with E-state index in [0.29, 0.717) is 43.2 Å². The van der Waals surface area contributed by atoms with Crippen LogP contribution in [0.25, 0.3) is 0 Å². The Kier molecular flexibility index (Phi) is 7.34. The molecule has 4 rings (SSSR count). The number of hydrogen-bond donors (Lipinski definition) is 1. The van der Waals surface area contributed by atoms with Crippen LogP contribution in [0.5, 0.6) is 5.75 Å². The molecule has 1 aliphatic heterocycles. The van der Waals surface area contributed by atoms with E-state index >= 15 is 0 Å². The SMILES string of the molecule is CC(=O)Oc1cccc([C@@]23CCN(C)C[C@@]2(O)CC[C@@H](N(CC(C)C)C(=O)c2ccccc2)C3)c1. The van der Waals surface area contributed by atoms with E-state index in [1.165, 1.54) is 6.92 Å². The maximum absolute atomic E-state index is 13.7. The molecule has 0 bridgehead atoms. The Morgan fingerprint density at radius 2 is 1.89 bits per heavy atom. The van der Waals surface area contributed by atoms with E-state index < -0.39 is 11.0 Å². The van der Waals surface area contributed by atoms with E-state index in [1.807, 2.05) is 60.5 Å². The van der Waals surface area contributed by atoms with Crippen molar-refractivity contribution in [3.8, 4) is 5.75 Å². The minimum atomic E-state index is -0.926. The number of hydrogen-bond acceptors (Lipinski definition) is 5. The Morgan fingerprint density at radius 3 is 2.57 bits per heavy atom. The van der Waals surface area contributed by atoms with Crippen molar-refractivity contribution >= 4 is 11.9 Å². The molecule has 2 aromatic rings. The molecule has 2 aliphatic rings. The van der Waals surface area contributed by atoms with E-state index in [-0.39, 0.29) is 17.9 Å². The molecule has 1 saturated heterocycles. The number of likely N-dealkylation sites (N-methyl/N-ethyl adjacent to an activating group) is 1.